The van der Waals surface area contributed by atoms with E-state index in [2.05, 4.69) is 41.2 Å². The molecule has 3 nitrogen and oxygen atoms in total. The van der Waals surface area contributed by atoms with Gasteiger partial charge in [0, 0.05) is 36.7 Å². The van der Waals surface area contributed by atoms with Gasteiger partial charge in [-0.15, -0.1) is 0 Å². The number of aromatic nitrogens is 1. The van der Waals surface area contributed by atoms with Crippen LogP contribution in [-0.2, 0) is 17.7 Å². The van der Waals surface area contributed by atoms with Crippen molar-refractivity contribution >= 4 is 10.9 Å². The summed E-state index contributed by atoms with van der Waals surface area (Å²) in [7, 11) is 0. The molecule has 0 bridgehead atoms. The maximum atomic E-state index is 5.39. The zero-order chi connectivity index (χ0) is 12.4. The number of hydrogen-bond donors (Lipinski definition) is 1. The van der Waals surface area contributed by atoms with Crippen LogP contribution in [0.5, 0.6) is 0 Å². The molecule has 0 saturated carbocycles. The second-order valence-electron chi connectivity index (χ2n) is 4.94. The lowest BCUT2D eigenvalue weighted by Crippen LogP contribution is -2.35. The van der Waals surface area contributed by atoms with Gasteiger partial charge in [0.25, 0.3) is 0 Å². The average molecular weight is 244 g/mol. The Morgan fingerprint density at radius 3 is 2.89 bits per heavy atom. The summed E-state index contributed by atoms with van der Waals surface area (Å²) < 4.78 is 5.39. The fourth-order valence-corrected chi connectivity index (χ4v) is 2.58. The molecule has 1 fully saturated rings. The summed E-state index contributed by atoms with van der Waals surface area (Å²) in [4.78, 5) is 5.85. The van der Waals surface area contributed by atoms with Gasteiger partial charge in [0.05, 0.1) is 13.2 Å². The molecule has 1 aromatic carbocycles. The summed E-state index contributed by atoms with van der Waals surface area (Å²) in [5.41, 5.74) is 4.05. The third-order valence-corrected chi connectivity index (χ3v) is 3.74. The molecule has 1 aliphatic heterocycles. The normalized spacial score (nSPS) is 17.4. The van der Waals surface area contributed by atoms with Crippen LogP contribution in [0.2, 0.25) is 0 Å². The first-order valence-electron chi connectivity index (χ1n) is 6.76. The number of hydrogen-bond acceptors (Lipinski definition) is 2. The van der Waals surface area contributed by atoms with Crippen molar-refractivity contribution in [1.82, 2.24) is 9.88 Å². The number of rotatable bonds is 3. The van der Waals surface area contributed by atoms with Crippen molar-refractivity contribution in [2.45, 2.75) is 19.9 Å². The zero-order valence-electron chi connectivity index (χ0n) is 10.9. The first-order valence-corrected chi connectivity index (χ1v) is 6.76. The number of fused-ring (bicyclic) bond motifs is 1. The predicted molar refractivity (Wildman–Crippen MR) is 73.8 cm³/mol. The van der Waals surface area contributed by atoms with Gasteiger partial charge in [-0.05, 0) is 23.6 Å². The highest BCUT2D eigenvalue weighted by molar-refractivity contribution is 5.83. The van der Waals surface area contributed by atoms with Crippen molar-refractivity contribution in [1.29, 1.82) is 0 Å². The maximum absolute atomic E-state index is 5.39. The Balaban J connectivity index is 1.83. The van der Waals surface area contributed by atoms with E-state index in [0.717, 1.165) is 39.3 Å². The summed E-state index contributed by atoms with van der Waals surface area (Å²) in [6.07, 6.45) is 3.24. The standard InChI is InChI=1S/C15H20N2O/c1-2-12-3-4-14-13(10-16-15(14)9-12)11-17-5-7-18-8-6-17/h3-4,9-10,16H,2,5-8,11H2,1H3. The number of H-pyrrole nitrogens is 1. The molecule has 1 saturated heterocycles. The molecular formula is C15H20N2O. The van der Waals surface area contributed by atoms with Gasteiger partial charge in [0.2, 0.25) is 0 Å². The number of nitrogens with zero attached hydrogens (tertiary/aromatic N) is 1. The predicted octanol–water partition coefficient (Wildman–Crippen LogP) is 2.56. The Labute approximate surface area is 108 Å². The second kappa shape index (κ2) is 5.12. The topological polar surface area (TPSA) is 28.3 Å². The molecule has 1 N–H and O–H groups in total. The highest BCUT2D eigenvalue weighted by Gasteiger charge is 2.13. The molecule has 18 heavy (non-hydrogen) atoms. The lowest BCUT2D eigenvalue weighted by molar-refractivity contribution is 0.0343. The minimum Gasteiger partial charge on any atom is -0.379 e. The summed E-state index contributed by atoms with van der Waals surface area (Å²) >= 11 is 0. The first kappa shape index (κ1) is 11.8. The molecule has 96 valence electrons. The molecule has 0 amide bonds. The van der Waals surface area contributed by atoms with Crippen LogP contribution in [0.15, 0.2) is 24.4 Å². The van der Waals surface area contributed by atoms with Crippen molar-refractivity contribution < 1.29 is 4.74 Å². The largest absolute Gasteiger partial charge is 0.379 e. The summed E-state index contributed by atoms with van der Waals surface area (Å²) in [6.45, 7) is 7.03. The van der Waals surface area contributed by atoms with Gasteiger partial charge < -0.3 is 9.72 Å². The van der Waals surface area contributed by atoms with E-state index in [0.29, 0.717) is 0 Å². The molecule has 0 radical (unpaired) electrons. The Morgan fingerprint density at radius 2 is 2.11 bits per heavy atom. The van der Waals surface area contributed by atoms with Gasteiger partial charge in [-0.1, -0.05) is 19.1 Å². The molecule has 0 atom stereocenters. The van der Waals surface area contributed by atoms with E-state index in [9.17, 15) is 0 Å². The molecule has 2 heterocycles. The fraction of sp³-hybridized carbons (Fsp3) is 0.467. The maximum Gasteiger partial charge on any atom is 0.0594 e. The van der Waals surface area contributed by atoms with Crippen molar-refractivity contribution in [2.75, 3.05) is 26.3 Å². The van der Waals surface area contributed by atoms with Crippen LogP contribution in [0.25, 0.3) is 10.9 Å². The molecule has 1 aromatic heterocycles. The highest BCUT2D eigenvalue weighted by atomic mass is 16.5. The van der Waals surface area contributed by atoms with Crippen molar-refractivity contribution in [2.24, 2.45) is 0 Å². The number of benzene rings is 1. The molecular weight excluding hydrogens is 224 g/mol. The third-order valence-electron chi connectivity index (χ3n) is 3.74. The summed E-state index contributed by atoms with van der Waals surface area (Å²) in [6, 6.07) is 6.75. The van der Waals surface area contributed by atoms with Gasteiger partial charge in [0.1, 0.15) is 0 Å². The van der Waals surface area contributed by atoms with E-state index in [1.807, 2.05) is 0 Å². The van der Waals surface area contributed by atoms with E-state index in [4.69, 9.17) is 4.74 Å². The number of nitrogens with one attached hydrogen (secondary N) is 1. The summed E-state index contributed by atoms with van der Waals surface area (Å²) in [5, 5.41) is 1.36. The number of morpholine rings is 1. The molecule has 2 aromatic rings. The van der Waals surface area contributed by atoms with Crippen LogP contribution in [0.3, 0.4) is 0 Å². The third kappa shape index (κ3) is 2.28. The van der Waals surface area contributed by atoms with E-state index < -0.39 is 0 Å². The Hall–Kier alpha value is -1.32. The number of aryl methyl sites for hydroxylation is 1. The van der Waals surface area contributed by atoms with E-state index >= 15 is 0 Å². The average Bonchev–Trinajstić information content (AvgIpc) is 2.82. The van der Waals surface area contributed by atoms with Crippen LogP contribution < -0.4 is 0 Å². The van der Waals surface area contributed by atoms with E-state index in [1.54, 1.807) is 0 Å². The minimum absolute atomic E-state index is 0.863. The van der Waals surface area contributed by atoms with Crippen LogP contribution in [0.4, 0.5) is 0 Å². The molecule has 0 spiro atoms. The monoisotopic (exact) mass is 244 g/mol. The van der Waals surface area contributed by atoms with Crippen LogP contribution >= 0.6 is 0 Å². The Bertz CT molecular complexity index is 526. The van der Waals surface area contributed by atoms with Crippen molar-refractivity contribution in [3.8, 4) is 0 Å². The zero-order valence-corrected chi connectivity index (χ0v) is 10.9. The van der Waals surface area contributed by atoms with Crippen molar-refractivity contribution in [3.05, 3.63) is 35.5 Å². The molecule has 3 rings (SSSR count). The second-order valence-corrected chi connectivity index (χ2v) is 4.94. The van der Waals surface area contributed by atoms with Crippen LogP contribution in [0.1, 0.15) is 18.1 Å². The SMILES string of the molecule is CCc1ccc2c(CN3CCOCC3)c[nH]c2c1. The van der Waals surface area contributed by atoms with E-state index in [1.165, 1.54) is 22.0 Å². The molecule has 0 aliphatic carbocycles. The lowest BCUT2D eigenvalue weighted by atomic mass is 10.1. The molecule has 1 aliphatic rings. The molecule has 0 unspecified atom stereocenters. The first-order chi connectivity index (χ1) is 8.86. The Morgan fingerprint density at radius 1 is 1.28 bits per heavy atom. The van der Waals surface area contributed by atoms with Gasteiger partial charge in [-0.3, -0.25) is 4.90 Å². The minimum atomic E-state index is 0.863. The van der Waals surface area contributed by atoms with Gasteiger partial charge in [-0.25, -0.2) is 0 Å². The smallest absolute Gasteiger partial charge is 0.0594 e. The Kier molecular flexibility index (Phi) is 3.35. The number of ether oxygens (including phenoxy) is 1. The van der Waals surface area contributed by atoms with Crippen LogP contribution in [-0.4, -0.2) is 36.2 Å². The van der Waals surface area contributed by atoms with E-state index in [-0.39, 0.29) is 0 Å². The van der Waals surface area contributed by atoms with Gasteiger partial charge >= 0.3 is 0 Å². The van der Waals surface area contributed by atoms with Gasteiger partial charge in [-0.2, -0.15) is 0 Å². The number of aromatic amines is 1. The molecule has 3 heteroatoms. The van der Waals surface area contributed by atoms with Crippen molar-refractivity contribution in [3.63, 3.8) is 0 Å². The summed E-state index contributed by atoms with van der Waals surface area (Å²) in [5.74, 6) is 0. The quantitative estimate of drug-likeness (QED) is 0.898. The fourth-order valence-electron chi connectivity index (χ4n) is 2.58. The van der Waals surface area contributed by atoms with Crippen LogP contribution in [0, 0.1) is 0 Å². The lowest BCUT2D eigenvalue weighted by Gasteiger charge is -2.26. The van der Waals surface area contributed by atoms with Gasteiger partial charge in [0.15, 0.2) is 0 Å². The highest BCUT2D eigenvalue weighted by Crippen LogP contribution is 2.21.